The average Bonchev–Trinajstić information content (AvgIpc) is 2.54. The summed E-state index contributed by atoms with van der Waals surface area (Å²) in [6, 6.07) is 18.9. The Kier molecular flexibility index (Phi) is 6.13. The van der Waals surface area contributed by atoms with E-state index < -0.39 is 0 Å². The Morgan fingerprint density at radius 1 is 1.05 bits per heavy atom. The van der Waals surface area contributed by atoms with Crippen molar-refractivity contribution in [1.29, 1.82) is 0 Å². The molecular weight excluding hydrogens is 276 g/mol. The van der Waals surface area contributed by atoms with Gasteiger partial charge in [-0.1, -0.05) is 48.5 Å². The van der Waals surface area contributed by atoms with E-state index in [0.717, 1.165) is 11.3 Å². The third-order valence-corrected chi connectivity index (χ3v) is 3.42. The molecule has 2 aromatic rings. The van der Waals surface area contributed by atoms with Crippen LogP contribution in [0, 0.1) is 0 Å². The molecule has 0 aliphatic rings. The van der Waals surface area contributed by atoms with Crippen molar-refractivity contribution < 1.29 is 9.90 Å². The number of aliphatic hydroxyl groups excluding tert-OH is 1. The molecule has 1 amide bonds. The van der Waals surface area contributed by atoms with Crippen LogP contribution in [0.5, 0.6) is 0 Å². The molecule has 0 fully saturated rings. The maximum absolute atomic E-state index is 12.0. The smallest absolute Gasteiger partial charge is 0.225 e. The summed E-state index contributed by atoms with van der Waals surface area (Å²) in [7, 11) is 0. The van der Waals surface area contributed by atoms with Gasteiger partial charge >= 0.3 is 0 Å². The van der Waals surface area contributed by atoms with Crippen molar-refractivity contribution >= 4 is 11.6 Å². The lowest BCUT2D eigenvalue weighted by atomic mass is 10.1. The van der Waals surface area contributed by atoms with Gasteiger partial charge in [0.25, 0.3) is 0 Å². The fourth-order valence-electron chi connectivity index (χ4n) is 2.35. The number of para-hydroxylation sites is 1. The van der Waals surface area contributed by atoms with Crippen molar-refractivity contribution in [1.82, 2.24) is 5.32 Å². The van der Waals surface area contributed by atoms with Crippen molar-refractivity contribution in [2.45, 2.75) is 25.4 Å². The van der Waals surface area contributed by atoms with Crippen LogP contribution in [-0.2, 0) is 4.79 Å². The molecule has 2 atom stereocenters. The molecule has 116 valence electrons. The second-order valence-electron chi connectivity index (χ2n) is 5.33. The van der Waals surface area contributed by atoms with Crippen molar-refractivity contribution in [3.63, 3.8) is 0 Å². The molecule has 0 saturated heterocycles. The van der Waals surface area contributed by atoms with Crippen LogP contribution in [0.3, 0.4) is 0 Å². The van der Waals surface area contributed by atoms with Crippen LogP contribution in [0.15, 0.2) is 60.7 Å². The second-order valence-corrected chi connectivity index (χ2v) is 5.33. The second kappa shape index (κ2) is 8.32. The highest BCUT2D eigenvalue weighted by atomic mass is 16.3. The first-order chi connectivity index (χ1) is 10.7. The van der Waals surface area contributed by atoms with Crippen LogP contribution in [0.4, 0.5) is 5.69 Å². The lowest BCUT2D eigenvalue weighted by Gasteiger charge is -2.22. The molecule has 0 aromatic heterocycles. The molecule has 2 aromatic carbocycles. The molecule has 0 spiro atoms. The number of benzene rings is 2. The van der Waals surface area contributed by atoms with Gasteiger partial charge < -0.3 is 15.7 Å². The van der Waals surface area contributed by atoms with E-state index in [1.54, 1.807) is 0 Å². The third-order valence-electron chi connectivity index (χ3n) is 3.42. The lowest BCUT2D eigenvalue weighted by Crippen LogP contribution is -2.35. The first-order valence-electron chi connectivity index (χ1n) is 7.46. The number of aliphatic hydroxyl groups is 1. The number of carbonyl (C=O) groups is 1. The number of amides is 1. The number of hydrogen-bond acceptors (Lipinski definition) is 3. The zero-order valence-corrected chi connectivity index (χ0v) is 12.7. The van der Waals surface area contributed by atoms with Crippen molar-refractivity contribution in [2.24, 2.45) is 0 Å². The molecular formula is C18H22N2O2. The summed E-state index contributed by atoms with van der Waals surface area (Å²) in [6.45, 7) is 1.94. The highest BCUT2D eigenvalue weighted by molar-refractivity contribution is 5.91. The minimum absolute atomic E-state index is 0.00530. The summed E-state index contributed by atoms with van der Waals surface area (Å²) in [6.07, 6.45) is 0.345. The highest BCUT2D eigenvalue weighted by Crippen LogP contribution is 2.13. The van der Waals surface area contributed by atoms with E-state index in [2.05, 4.69) is 10.6 Å². The first-order valence-corrected chi connectivity index (χ1v) is 7.46. The minimum atomic E-state index is -0.166. The Bertz CT molecular complexity index is 572. The molecule has 0 heterocycles. The summed E-state index contributed by atoms with van der Waals surface area (Å²) < 4.78 is 0. The quantitative estimate of drug-likeness (QED) is 0.736. The molecule has 22 heavy (non-hydrogen) atoms. The normalized spacial score (nSPS) is 13.4. The van der Waals surface area contributed by atoms with Crippen LogP contribution in [0.1, 0.15) is 24.9 Å². The number of rotatable bonds is 7. The molecule has 4 nitrogen and oxygen atoms in total. The Balaban J connectivity index is 1.86. The predicted octanol–water partition coefficient (Wildman–Crippen LogP) is 2.73. The third kappa shape index (κ3) is 4.98. The van der Waals surface area contributed by atoms with Gasteiger partial charge in [0.05, 0.1) is 12.6 Å². The predicted molar refractivity (Wildman–Crippen MR) is 88.6 cm³/mol. The molecule has 0 aliphatic heterocycles. The van der Waals surface area contributed by atoms with E-state index in [9.17, 15) is 9.90 Å². The number of carbonyl (C=O) groups excluding carboxylic acids is 1. The molecule has 0 aliphatic carbocycles. The van der Waals surface area contributed by atoms with Crippen LogP contribution >= 0.6 is 0 Å². The van der Waals surface area contributed by atoms with Crippen molar-refractivity contribution in [3.8, 4) is 0 Å². The molecule has 0 radical (unpaired) electrons. The maximum Gasteiger partial charge on any atom is 0.225 e. The zero-order valence-electron chi connectivity index (χ0n) is 12.7. The molecule has 0 saturated carbocycles. The number of hydrogen-bond donors (Lipinski definition) is 3. The van der Waals surface area contributed by atoms with Gasteiger partial charge in [0.2, 0.25) is 5.91 Å². The number of nitrogens with one attached hydrogen (secondary N) is 2. The lowest BCUT2D eigenvalue weighted by molar-refractivity contribution is -0.116. The molecule has 0 bridgehead atoms. The standard InChI is InChI=1S/C18H22N2O2/c1-14(12-18(22)20-16-10-6-3-7-11-16)19-17(13-21)15-8-4-2-5-9-15/h2-11,14,17,19,21H,12-13H2,1H3,(H,20,22). The van der Waals surface area contributed by atoms with Gasteiger partial charge in [-0.05, 0) is 24.6 Å². The summed E-state index contributed by atoms with van der Waals surface area (Å²) >= 11 is 0. The zero-order chi connectivity index (χ0) is 15.8. The largest absolute Gasteiger partial charge is 0.394 e. The van der Waals surface area contributed by atoms with Gasteiger partial charge in [0.1, 0.15) is 0 Å². The minimum Gasteiger partial charge on any atom is -0.394 e. The van der Waals surface area contributed by atoms with Gasteiger partial charge in [0.15, 0.2) is 0 Å². The van der Waals surface area contributed by atoms with E-state index in [0.29, 0.717) is 6.42 Å². The monoisotopic (exact) mass is 298 g/mol. The van der Waals surface area contributed by atoms with Crippen LogP contribution < -0.4 is 10.6 Å². The highest BCUT2D eigenvalue weighted by Gasteiger charge is 2.15. The summed E-state index contributed by atoms with van der Waals surface area (Å²) in [5.74, 6) is -0.0454. The van der Waals surface area contributed by atoms with Gasteiger partial charge in [-0.25, -0.2) is 0 Å². The molecule has 4 heteroatoms. The van der Waals surface area contributed by atoms with Gasteiger partial charge in [0, 0.05) is 18.2 Å². The Morgan fingerprint density at radius 3 is 2.23 bits per heavy atom. The molecule has 2 rings (SSSR count). The van der Waals surface area contributed by atoms with E-state index in [-0.39, 0.29) is 24.6 Å². The summed E-state index contributed by atoms with van der Waals surface area (Å²) in [5, 5.41) is 15.7. The fraction of sp³-hybridized carbons (Fsp3) is 0.278. The summed E-state index contributed by atoms with van der Waals surface area (Å²) in [4.78, 5) is 12.0. The maximum atomic E-state index is 12.0. The van der Waals surface area contributed by atoms with Gasteiger partial charge in [-0.3, -0.25) is 4.79 Å². The first kappa shape index (κ1) is 16.2. The van der Waals surface area contributed by atoms with E-state index in [1.807, 2.05) is 67.6 Å². The Hall–Kier alpha value is -2.17. The van der Waals surface area contributed by atoms with Crippen LogP contribution in [0.2, 0.25) is 0 Å². The van der Waals surface area contributed by atoms with Crippen LogP contribution in [0.25, 0.3) is 0 Å². The topological polar surface area (TPSA) is 61.4 Å². The molecule has 3 N–H and O–H groups in total. The van der Waals surface area contributed by atoms with Gasteiger partial charge in [-0.15, -0.1) is 0 Å². The SMILES string of the molecule is CC(CC(=O)Nc1ccccc1)NC(CO)c1ccccc1. The average molecular weight is 298 g/mol. The fourth-order valence-corrected chi connectivity index (χ4v) is 2.35. The van der Waals surface area contributed by atoms with Crippen molar-refractivity contribution in [3.05, 3.63) is 66.2 Å². The van der Waals surface area contributed by atoms with E-state index >= 15 is 0 Å². The molecule has 2 unspecified atom stereocenters. The van der Waals surface area contributed by atoms with E-state index in [1.165, 1.54) is 0 Å². The summed E-state index contributed by atoms with van der Waals surface area (Å²) in [5.41, 5.74) is 1.81. The van der Waals surface area contributed by atoms with Crippen LogP contribution in [-0.4, -0.2) is 23.7 Å². The van der Waals surface area contributed by atoms with Gasteiger partial charge in [-0.2, -0.15) is 0 Å². The van der Waals surface area contributed by atoms with Crippen molar-refractivity contribution in [2.75, 3.05) is 11.9 Å². The Labute approximate surface area is 131 Å². The van der Waals surface area contributed by atoms with E-state index in [4.69, 9.17) is 0 Å². The Morgan fingerprint density at radius 2 is 1.64 bits per heavy atom. The number of anilines is 1.